The van der Waals surface area contributed by atoms with E-state index in [1.54, 1.807) is 6.20 Å². The van der Waals surface area contributed by atoms with Crippen LogP contribution in [0.3, 0.4) is 0 Å². The summed E-state index contributed by atoms with van der Waals surface area (Å²) in [5, 5.41) is 0. The molecule has 2 aliphatic rings. The van der Waals surface area contributed by atoms with Gasteiger partial charge < -0.3 is 9.80 Å². The average molecular weight is 378 g/mol. The highest BCUT2D eigenvalue weighted by Crippen LogP contribution is 2.29. The third-order valence-electron chi connectivity index (χ3n) is 6.36. The van der Waals surface area contributed by atoms with Crippen LogP contribution in [0.4, 0.5) is 5.82 Å². The van der Waals surface area contributed by atoms with Gasteiger partial charge in [0.15, 0.2) is 0 Å². The van der Waals surface area contributed by atoms with Gasteiger partial charge >= 0.3 is 0 Å². The monoisotopic (exact) mass is 377 g/mol. The molecule has 2 aliphatic heterocycles. The highest BCUT2D eigenvalue weighted by molar-refractivity contribution is 5.94. The molecular weight excluding hydrogens is 346 g/mol. The number of amides is 1. The van der Waals surface area contributed by atoms with Crippen molar-refractivity contribution in [2.45, 2.75) is 45.4 Å². The molecule has 2 aromatic rings. The lowest BCUT2D eigenvalue weighted by atomic mass is 9.90. The van der Waals surface area contributed by atoms with E-state index in [9.17, 15) is 4.79 Å². The Morgan fingerprint density at radius 3 is 2.43 bits per heavy atom. The normalized spacial score (nSPS) is 21.0. The van der Waals surface area contributed by atoms with Gasteiger partial charge in [0.1, 0.15) is 5.82 Å². The molecule has 0 spiro atoms. The van der Waals surface area contributed by atoms with Gasteiger partial charge in [-0.3, -0.25) is 4.79 Å². The Morgan fingerprint density at radius 2 is 1.75 bits per heavy atom. The third kappa shape index (κ3) is 4.21. The molecule has 4 heteroatoms. The van der Waals surface area contributed by atoms with Crippen LogP contribution in [0.25, 0.3) is 0 Å². The fraction of sp³-hybridized carbons (Fsp3) is 0.500. The van der Waals surface area contributed by atoms with Crippen molar-refractivity contribution >= 4 is 11.7 Å². The Hall–Kier alpha value is -2.36. The van der Waals surface area contributed by atoms with E-state index in [0.717, 1.165) is 50.8 Å². The molecule has 4 nitrogen and oxygen atoms in total. The number of anilines is 1. The summed E-state index contributed by atoms with van der Waals surface area (Å²) >= 11 is 0. The molecule has 2 fully saturated rings. The number of aryl methyl sites for hydroxylation is 1. The second-order valence-corrected chi connectivity index (χ2v) is 8.58. The minimum Gasteiger partial charge on any atom is -0.356 e. The van der Waals surface area contributed by atoms with E-state index in [4.69, 9.17) is 0 Å². The summed E-state index contributed by atoms with van der Waals surface area (Å²) in [6.45, 7) is 8.16. The van der Waals surface area contributed by atoms with Crippen molar-refractivity contribution in [3.63, 3.8) is 0 Å². The number of aromatic nitrogens is 1. The minimum absolute atomic E-state index is 0.127. The minimum atomic E-state index is 0.127. The number of rotatable bonds is 3. The molecule has 2 saturated heterocycles. The number of likely N-dealkylation sites (tertiary alicyclic amines) is 1. The van der Waals surface area contributed by atoms with E-state index in [1.165, 1.54) is 24.0 Å². The van der Waals surface area contributed by atoms with E-state index < -0.39 is 0 Å². The summed E-state index contributed by atoms with van der Waals surface area (Å²) in [4.78, 5) is 21.7. The number of carbonyl (C=O) groups is 1. The van der Waals surface area contributed by atoms with E-state index in [0.29, 0.717) is 11.5 Å². The van der Waals surface area contributed by atoms with Crippen molar-refractivity contribution in [3.05, 3.63) is 59.3 Å². The van der Waals surface area contributed by atoms with Gasteiger partial charge in [0, 0.05) is 38.3 Å². The highest BCUT2D eigenvalue weighted by Gasteiger charge is 2.24. The Balaban J connectivity index is 1.41. The molecule has 0 radical (unpaired) electrons. The number of pyridine rings is 1. The molecule has 1 amide bonds. The largest absolute Gasteiger partial charge is 0.356 e. The molecule has 0 N–H and O–H groups in total. The highest BCUT2D eigenvalue weighted by atomic mass is 16.2. The molecular formula is C24H31N3O. The Kier molecular flexibility index (Phi) is 5.65. The van der Waals surface area contributed by atoms with Crippen LogP contribution in [0, 0.1) is 12.8 Å². The van der Waals surface area contributed by atoms with Crippen LogP contribution < -0.4 is 4.90 Å². The molecule has 28 heavy (non-hydrogen) atoms. The molecule has 1 aromatic heterocycles. The van der Waals surface area contributed by atoms with Gasteiger partial charge in [-0.15, -0.1) is 0 Å². The van der Waals surface area contributed by atoms with Gasteiger partial charge in [0.25, 0.3) is 5.91 Å². The van der Waals surface area contributed by atoms with Gasteiger partial charge in [-0.2, -0.15) is 0 Å². The molecule has 0 saturated carbocycles. The van der Waals surface area contributed by atoms with E-state index in [2.05, 4.69) is 48.0 Å². The Labute approximate surface area is 168 Å². The van der Waals surface area contributed by atoms with Crippen molar-refractivity contribution in [1.29, 1.82) is 0 Å². The first-order chi connectivity index (χ1) is 13.6. The number of carbonyl (C=O) groups excluding carboxylic acids is 1. The second kappa shape index (κ2) is 8.34. The molecule has 0 bridgehead atoms. The number of piperidine rings is 2. The molecule has 148 valence electrons. The SMILES string of the molecule is Cc1ccc(C2CCCN(c3ccc(C(=O)N4CCC(C)CC4)cn3)C2)cc1. The van der Waals surface area contributed by atoms with Crippen LogP contribution >= 0.6 is 0 Å². The van der Waals surface area contributed by atoms with Crippen LogP contribution in [0.15, 0.2) is 42.6 Å². The maximum atomic E-state index is 12.7. The predicted molar refractivity (Wildman–Crippen MR) is 114 cm³/mol. The van der Waals surface area contributed by atoms with Crippen LogP contribution in [-0.2, 0) is 0 Å². The van der Waals surface area contributed by atoms with Crippen LogP contribution in [0.2, 0.25) is 0 Å². The quantitative estimate of drug-likeness (QED) is 0.781. The smallest absolute Gasteiger partial charge is 0.255 e. The molecule has 1 aromatic carbocycles. The first-order valence-corrected chi connectivity index (χ1v) is 10.7. The molecule has 1 atom stereocenters. The lowest BCUT2D eigenvalue weighted by Crippen LogP contribution is -2.38. The lowest BCUT2D eigenvalue weighted by molar-refractivity contribution is 0.0697. The number of hydrogen-bond donors (Lipinski definition) is 0. The topological polar surface area (TPSA) is 36.4 Å². The summed E-state index contributed by atoms with van der Waals surface area (Å²) in [5.74, 6) is 2.39. The van der Waals surface area contributed by atoms with Gasteiger partial charge in [0.2, 0.25) is 0 Å². The van der Waals surface area contributed by atoms with Gasteiger partial charge in [-0.25, -0.2) is 4.98 Å². The van der Waals surface area contributed by atoms with Crippen molar-refractivity contribution in [2.24, 2.45) is 5.92 Å². The Bertz CT molecular complexity index is 792. The van der Waals surface area contributed by atoms with Crippen LogP contribution in [-0.4, -0.2) is 42.0 Å². The summed E-state index contributed by atoms with van der Waals surface area (Å²) in [6, 6.07) is 12.9. The van der Waals surface area contributed by atoms with Crippen LogP contribution in [0.1, 0.15) is 60.0 Å². The second-order valence-electron chi connectivity index (χ2n) is 8.58. The number of nitrogens with zero attached hydrogens (tertiary/aromatic N) is 3. The van der Waals surface area contributed by atoms with E-state index in [1.807, 2.05) is 17.0 Å². The molecule has 1 unspecified atom stereocenters. The van der Waals surface area contributed by atoms with Gasteiger partial charge in [-0.1, -0.05) is 36.8 Å². The summed E-state index contributed by atoms with van der Waals surface area (Å²) < 4.78 is 0. The maximum Gasteiger partial charge on any atom is 0.255 e. The van der Waals surface area contributed by atoms with Crippen molar-refractivity contribution in [3.8, 4) is 0 Å². The zero-order valence-corrected chi connectivity index (χ0v) is 17.1. The van der Waals surface area contributed by atoms with Crippen molar-refractivity contribution < 1.29 is 4.79 Å². The summed E-state index contributed by atoms with van der Waals surface area (Å²) in [5.41, 5.74) is 3.44. The first-order valence-electron chi connectivity index (χ1n) is 10.7. The Morgan fingerprint density at radius 1 is 1.00 bits per heavy atom. The molecule has 3 heterocycles. The average Bonchev–Trinajstić information content (AvgIpc) is 2.74. The fourth-order valence-electron chi connectivity index (χ4n) is 4.39. The summed E-state index contributed by atoms with van der Waals surface area (Å²) in [7, 11) is 0. The van der Waals surface area contributed by atoms with Crippen molar-refractivity contribution in [1.82, 2.24) is 9.88 Å². The van der Waals surface area contributed by atoms with Crippen LogP contribution in [0.5, 0.6) is 0 Å². The lowest BCUT2D eigenvalue weighted by Gasteiger charge is -2.34. The van der Waals surface area contributed by atoms with E-state index >= 15 is 0 Å². The third-order valence-corrected chi connectivity index (χ3v) is 6.36. The maximum absolute atomic E-state index is 12.7. The summed E-state index contributed by atoms with van der Waals surface area (Å²) in [6.07, 6.45) is 6.37. The number of hydrogen-bond acceptors (Lipinski definition) is 3. The fourth-order valence-corrected chi connectivity index (χ4v) is 4.39. The zero-order valence-electron chi connectivity index (χ0n) is 17.1. The zero-order chi connectivity index (χ0) is 19.5. The molecule has 0 aliphatic carbocycles. The standard InChI is InChI=1S/C24H31N3O/c1-18-5-7-20(8-6-18)22-4-3-13-27(17-22)23-10-9-21(16-25-23)24(28)26-14-11-19(2)12-15-26/h5-10,16,19,22H,3-4,11-15,17H2,1-2H3. The first kappa shape index (κ1) is 19.0. The van der Waals surface area contributed by atoms with Gasteiger partial charge in [-0.05, 0) is 56.2 Å². The predicted octanol–water partition coefficient (Wildman–Crippen LogP) is 4.65. The van der Waals surface area contributed by atoms with E-state index in [-0.39, 0.29) is 5.91 Å². The van der Waals surface area contributed by atoms with Gasteiger partial charge in [0.05, 0.1) is 5.56 Å². The molecule has 4 rings (SSSR count). The number of benzene rings is 1. The van der Waals surface area contributed by atoms with Crippen molar-refractivity contribution in [2.75, 3.05) is 31.1 Å².